The Kier molecular flexibility index (Phi) is 4.53. The molecule has 0 aromatic heterocycles. The minimum Gasteiger partial charge on any atom is -0.327 e. The van der Waals surface area contributed by atoms with Gasteiger partial charge in [0.15, 0.2) is 0 Å². The molecule has 1 aromatic carbocycles. The zero-order valence-electron chi connectivity index (χ0n) is 10.9. The van der Waals surface area contributed by atoms with Crippen LogP contribution in [0.25, 0.3) is 0 Å². The van der Waals surface area contributed by atoms with E-state index in [1.807, 2.05) is 0 Å². The van der Waals surface area contributed by atoms with Crippen LogP contribution in [0.4, 0.5) is 13.2 Å². The molecule has 2 rings (SSSR count). The minimum absolute atomic E-state index is 0.0783. The number of nitrogens with zero attached hydrogens (tertiary/aromatic N) is 1. The van der Waals surface area contributed by atoms with E-state index in [4.69, 9.17) is 17.3 Å². The molecular formula is C12H14ClF3N2O2S. The quantitative estimate of drug-likeness (QED) is 0.898. The summed E-state index contributed by atoms with van der Waals surface area (Å²) in [5.74, 6) is 0. The minimum atomic E-state index is -4.63. The van der Waals surface area contributed by atoms with Gasteiger partial charge in [0, 0.05) is 19.1 Å². The topological polar surface area (TPSA) is 63.4 Å². The van der Waals surface area contributed by atoms with E-state index >= 15 is 0 Å². The highest BCUT2D eigenvalue weighted by Crippen LogP contribution is 2.34. The molecule has 118 valence electrons. The van der Waals surface area contributed by atoms with Crippen molar-refractivity contribution in [1.82, 2.24) is 4.31 Å². The van der Waals surface area contributed by atoms with E-state index in [1.54, 1.807) is 0 Å². The van der Waals surface area contributed by atoms with Crippen LogP contribution in [0.5, 0.6) is 0 Å². The van der Waals surface area contributed by atoms with Crippen molar-refractivity contribution < 1.29 is 21.6 Å². The van der Waals surface area contributed by atoms with Crippen LogP contribution < -0.4 is 5.73 Å². The molecular weight excluding hydrogens is 329 g/mol. The first-order valence-electron chi connectivity index (χ1n) is 6.25. The van der Waals surface area contributed by atoms with Crippen LogP contribution in [-0.2, 0) is 16.2 Å². The summed E-state index contributed by atoms with van der Waals surface area (Å²) in [4.78, 5) is -0.534. The van der Waals surface area contributed by atoms with Crippen molar-refractivity contribution in [3.63, 3.8) is 0 Å². The number of benzene rings is 1. The van der Waals surface area contributed by atoms with Gasteiger partial charge in [0.25, 0.3) is 0 Å². The van der Waals surface area contributed by atoms with E-state index in [2.05, 4.69) is 0 Å². The molecule has 2 N–H and O–H groups in total. The van der Waals surface area contributed by atoms with Crippen LogP contribution in [-0.4, -0.2) is 31.9 Å². The second kappa shape index (κ2) is 5.75. The van der Waals surface area contributed by atoms with E-state index < -0.39 is 26.7 Å². The normalized spacial score (nSPS) is 21.5. The summed E-state index contributed by atoms with van der Waals surface area (Å²) in [6.07, 6.45) is -3.38. The molecule has 0 bridgehead atoms. The molecule has 1 atom stereocenters. The molecule has 1 saturated heterocycles. The molecule has 1 fully saturated rings. The fraction of sp³-hybridized carbons (Fsp3) is 0.500. The number of rotatable bonds is 2. The van der Waals surface area contributed by atoms with Gasteiger partial charge in [0.05, 0.1) is 10.6 Å². The molecule has 0 amide bonds. The third kappa shape index (κ3) is 3.50. The fourth-order valence-electron chi connectivity index (χ4n) is 2.21. The zero-order valence-corrected chi connectivity index (χ0v) is 12.5. The van der Waals surface area contributed by atoms with Crippen molar-refractivity contribution in [3.8, 4) is 0 Å². The predicted octanol–water partition coefficient (Wildman–Crippen LogP) is 2.47. The van der Waals surface area contributed by atoms with Gasteiger partial charge in [-0.05, 0) is 31.0 Å². The van der Waals surface area contributed by atoms with Crippen LogP contribution in [0, 0.1) is 0 Å². The lowest BCUT2D eigenvalue weighted by atomic mass is 10.1. The van der Waals surface area contributed by atoms with Gasteiger partial charge in [-0.3, -0.25) is 0 Å². The molecule has 0 spiro atoms. The van der Waals surface area contributed by atoms with E-state index in [1.165, 1.54) is 0 Å². The van der Waals surface area contributed by atoms with Crippen molar-refractivity contribution in [2.45, 2.75) is 30.0 Å². The predicted molar refractivity (Wildman–Crippen MR) is 72.4 cm³/mol. The summed E-state index contributed by atoms with van der Waals surface area (Å²) in [7, 11) is -4.09. The first-order valence-corrected chi connectivity index (χ1v) is 8.06. The number of nitrogens with two attached hydrogens (primary N) is 1. The Balaban J connectivity index is 2.44. The summed E-state index contributed by atoms with van der Waals surface area (Å²) in [5, 5.41) is -0.234. The average Bonchev–Trinajstić information content (AvgIpc) is 2.37. The lowest BCUT2D eigenvalue weighted by Crippen LogP contribution is -2.45. The first kappa shape index (κ1) is 16.5. The number of halogens is 4. The van der Waals surface area contributed by atoms with Gasteiger partial charge in [-0.2, -0.15) is 17.5 Å². The number of hydrogen-bond acceptors (Lipinski definition) is 3. The maximum Gasteiger partial charge on any atom is 0.416 e. The second-order valence-electron chi connectivity index (χ2n) is 4.91. The fourth-order valence-corrected chi connectivity index (χ4v) is 4.24. The molecule has 1 heterocycles. The highest BCUT2D eigenvalue weighted by molar-refractivity contribution is 7.89. The van der Waals surface area contributed by atoms with Gasteiger partial charge in [0.1, 0.15) is 4.90 Å². The van der Waals surface area contributed by atoms with Gasteiger partial charge < -0.3 is 5.73 Å². The standard InChI is InChI=1S/C12H14ClF3N2O2S/c13-10-4-3-8(12(14,15)16)6-11(10)21(19,20)18-5-1-2-9(17)7-18/h3-4,6,9H,1-2,5,7,17H2/t9-/m0/s1. The molecule has 4 nitrogen and oxygen atoms in total. The highest BCUT2D eigenvalue weighted by atomic mass is 35.5. The second-order valence-corrected chi connectivity index (χ2v) is 7.22. The molecule has 0 radical (unpaired) electrons. The number of sulfonamides is 1. The third-order valence-electron chi connectivity index (χ3n) is 3.30. The Morgan fingerprint density at radius 3 is 2.57 bits per heavy atom. The van der Waals surface area contributed by atoms with Crippen molar-refractivity contribution in [1.29, 1.82) is 0 Å². The number of alkyl halides is 3. The van der Waals surface area contributed by atoms with Gasteiger partial charge in [-0.25, -0.2) is 8.42 Å². The Morgan fingerprint density at radius 1 is 1.33 bits per heavy atom. The summed E-state index contributed by atoms with van der Waals surface area (Å²) < 4.78 is 64.2. The van der Waals surface area contributed by atoms with Gasteiger partial charge in [0.2, 0.25) is 10.0 Å². The Morgan fingerprint density at radius 2 is 2.00 bits per heavy atom. The van der Waals surface area contributed by atoms with E-state index in [9.17, 15) is 21.6 Å². The maximum atomic E-state index is 12.7. The summed E-state index contributed by atoms with van der Waals surface area (Å²) >= 11 is 5.78. The Labute approximate surface area is 125 Å². The average molecular weight is 343 g/mol. The number of piperidine rings is 1. The van der Waals surface area contributed by atoms with Crippen LogP contribution in [0.3, 0.4) is 0 Å². The lowest BCUT2D eigenvalue weighted by molar-refractivity contribution is -0.137. The SMILES string of the molecule is N[C@H]1CCCN(S(=O)(=O)c2cc(C(F)(F)F)ccc2Cl)C1. The van der Waals surface area contributed by atoms with Crippen molar-refractivity contribution in [2.75, 3.05) is 13.1 Å². The van der Waals surface area contributed by atoms with Crippen molar-refractivity contribution >= 4 is 21.6 Å². The van der Waals surface area contributed by atoms with Crippen LogP contribution >= 0.6 is 11.6 Å². The van der Waals surface area contributed by atoms with Gasteiger partial charge in [-0.1, -0.05) is 11.6 Å². The molecule has 1 aliphatic rings. The van der Waals surface area contributed by atoms with E-state index in [-0.39, 0.29) is 24.2 Å². The van der Waals surface area contributed by atoms with Gasteiger partial charge in [-0.15, -0.1) is 0 Å². The molecule has 1 aliphatic heterocycles. The third-order valence-corrected chi connectivity index (χ3v) is 5.64. The highest BCUT2D eigenvalue weighted by Gasteiger charge is 2.35. The summed E-state index contributed by atoms with van der Waals surface area (Å²) in [6, 6.07) is 1.94. The number of hydrogen-bond donors (Lipinski definition) is 1. The first-order chi connectivity index (χ1) is 9.62. The molecule has 0 aliphatic carbocycles. The zero-order chi connectivity index (χ0) is 15.8. The van der Waals surface area contributed by atoms with E-state index in [0.717, 1.165) is 16.4 Å². The van der Waals surface area contributed by atoms with Gasteiger partial charge >= 0.3 is 6.18 Å². The van der Waals surface area contributed by atoms with Crippen LogP contribution in [0.2, 0.25) is 5.02 Å². The monoisotopic (exact) mass is 342 g/mol. The molecule has 21 heavy (non-hydrogen) atoms. The molecule has 0 saturated carbocycles. The molecule has 1 aromatic rings. The van der Waals surface area contributed by atoms with Crippen molar-refractivity contribution in [3.05, 3.63) is 28.8 Å². The summed E-state index contributed by atoms with van der Waals surface area (Å²) in [5.41, 5.74) is 4.67. The molecule has 9 heteroatoms. The van der Waals surface area contributed by atoms with Crippen LogP contribution in [0.1, 0.15) is 18.4 Å². The smallest absolute Gasteiger partial charge is 0.327 e. The van der Waals surface area contributed by atoms with Crippen molar-refractivity contribution in [2.24, 2.45) is 5.73 Å². The maximum absolute atomic E-state index is 12.7. The Bertz CT molecular complexity index is 634. The van der Waals surface area contributed by atoms with E-state index in [0.29, 0.717) is 18.9 Å². The van der Waals surface area contributed by atoms with Crippen LogP contribution in [0.15, 0.2) is 23.1 Å². The lowest BCUT2D eigenvalue weighted by Gasteiger charge is -2.30. The molecule has 0 unspecified atom stereocenters. The largest absolute Gasteiger partial charge is 0.416 e. The Hall–Kier alpha value is -0.830. The summed E-state index contributed by atoms with van der Waals surface area (Å²) in [6.45, 7) is 0.303.